The number of hydrogen-bond donors (Lipinski definition) is 7. The Labute approximate surface area is 136 Å². The number of phenolic OH excluding ortho intramolecular Hbond substituents is 1. The van der Waals surface area contributed by atoms with Crippen molar-refractivity contribution in [2.75, 3.05) is 13.1 Å². The Bertz CT molecular complexity index is 442. The SMILES string of the molecule is CCCCCc1ccc(O)c(C(NCC(O)O)NCC(O)O)c1. The highest BCUT2D eigenvalue weighted by Gasteiger charge is 2.17. The lowest BCUT2D eigenvalue weighted by Crippen LogP contribution is -2.41. The summed E-state index contributed by atoms with van der Waals surface area (Å²) in [6.45, 7) is 1.88. The standard InChI is InChI=1S/C16H28N2O5/c1-2-3-4-5-11-6-7-13(19)12(8-11)16(17-9-14(20)21)18-10-15(22)23/h6-8,14-23H,2-5,9-10H2,1H3. The van der Waals surface area contributed by atoms with E-state index in [9.17, 15) is 5.11 Å². The summed E-state index contributed by atoms with van der Waals surface area (Å²) in [4.78, 5) is 0. The van der Waals surface area contributed by atoms with Gasteiger partial charge in [0.2, 0.25) is 0 Å². The van der Waals surface area contributed by atoms with E-state index in [2.05, 4.69) is 17.6 Å². The third kappa shape index (κ3) is 7.74. The molecule has 0 heterocycles. The number of unbranched alkanes of at least 4 members (excludes halogenated alkanes) is 2. The second-order valence-corrected chi connectivity index (χ2v) is 5.56. The molecule has 0 bridgehead atoms. The molecule has 23 heavy (non-hydrogen) atoms. The van der Waals surface area contributed by atoms with Crippen LogP contribution in [0.4, 0.5) is 0 Å². The normalized spacial score (nSPS) is 11.8. The maximum atomic E-state index is 10.1. The van der Waals surface area contributed by atoms with Gasteiger partial charge in [0.05, 0.1) is 6.17 Å². The number of rotatable bonds is 11. The molecule has 0 amide bonds. The first kappa shape index (κ1) is 19.8. The minimum Gasteiger partial charge on any atom is -0.508 e. The summed E-state index contributed by atoms with van der Waals surface area (Å²) >= 11 is 0. The summed E-state index contributed by atoms with van der Waals surface area (Å²) in [5.41, 5.74) is 1.59. The second-order valence-electron chi connectivity index (χ2n) is 5.56. The van der Waals surface area contributed by atoms with Gasteiger partial charge in [0.25, 0.3) is 0 Å². The molecule has 132 valence electrons. The molecule has 0 aromatic heterocycles. The van der Waals surface area contributed by atoms with Gasteiger partial charge in [0.15, 0.2) is 12.6 Å². The molecule has 7 nitrogen and oxygen atoms in total. The van der Waals surface area contributed by atoms with Crippen LogP contribution in [-0.4, -0.2) is 51.2 Å². The molecule has 0 spiro atoms. The average molecular weight is 328 g/mol. The van der Waals surface area contributed by atoms with Crippen molar-refractivity contribution in [2.24, 2.45) is 0 Å². The van der Waals surface area contributed by atoms with Crippen LogP contribution in [0, 0.1) is 0 Å². The van der Waals surface area contributed by atoms with Gasteiger partial charge in [-0.2, -0.15) is 0 Å². The number of aliphatic hydroxyl groups is 4. The van der Waals surface area contributed by atoms with E-state index in [0.29, 0.717) is 5.56 Å². The van der Waals surface area contributed by atoms with Gasteiger partial charge in [-0.15, -0.1) is 0 Å². The second kappa shape index (κ2) is 10.5. The minimum absolute atomic E-state index is 0.0501. The zero-order chi connectivity index (χ0) is 17.2. The highest BCUT2D eigenvalue weighted by atomic mass is 16.5. The molecular weight excluding hydrogens is 300 g/mol. The topological polar surface area (TPSA) is 125 Å². The number of aromatic hydroxyl groups is 1. The van der Waals surface area contributed by atoms with Crippen LogP contribution in [0.3, 0.4) is 0 Å². The first-order valence-corrected chi connectivity index (χ1v) is 7.94. The maximum absolute atomic E-state index is 10.1. The molecule has 0 unspecified atom stereocenters. The highest BCUT2D eigenvalue weighted by Crippen LogP contribution is 2.25. The first-order valence-electron chi connectivity index (χ1n) is 7.94. The third-order valence-corrected chi connectivity index (χ3v) is 3.48. The van der Waals surface area contributed by atoms with Crippen molar-refractivity contribution in [3.8, 4) is 5.75 Å². The smallest absolute Gasteiger partial charge is 0.164 e. The Balaban J connectivity index is 2.85. The molecule has 0 fully saturated rings. The van der Waals surface area contributed by atoms with E-state index in [0.717, 1.165) is 31.2 Å². The van der Waals surface area contributed by atoms with Gasteiger partial charge in [-0.25, -0.2) is 0 Å². The number of phenols is 1. The summed E-state index contributed by atoms with van der Waals surface area (Å²) in [6, 6.07) is 5.29. The van der Waals surface area contributed by atoms with Crippen LogP contribution in [0.1, 0.15) is 43.5 Å². The van der Waals surface area contributed by atoms with Crippen LogP contribution in [0.15, 0.2) is 18.2 Å². The zero-order valence-electron chi connectivity index (χ0n) is 13.4. The van der Waals surface area contributed by atoms with Crippen LogP contribution in [-0.2, 0) is 6.42 Å². The van der Waals surface area contributed by atoms with Crippen molar-refractivity contribution in [3.05, 3.63) is 29.3 Å². The van der Waals surface area contributed by atoms with E-state index in [1.807, 2.05) is 12.1 Å². The Kier molecular flexibility index (Phi) is 9.08. The maximum Gasteiger partial charge on any atom is 0.164 e. The molecule has 7 N–H and O–H groups in total. The predicted molar refractivity (Wildman–Crippen MR) is 86.5 cm³/mol. The van der Waals surface area contributed by atoms with Crippen LogP contribution < -0.4 is 10.6 Å². The Morgan fingerprint density at radius 3 is 2.09 bits per heavy atom. The van der Waals surface area contributed by atoms with E-state index in [4.69, 9.17) is 20.4 Å². The predicted octanol–water partition coefficient (Wildman–Crippen LogP) is -0.0759. The first-order chi connectivity index (χ1) is 10.9. The molecule has 0 aliphatic heterocycles. The van der Waals surface area contributed by atoms with Gasteiger partial charge in [0, 0.05) is 18.7 Å². The van der Waals surface area contributed by atoms with Gasteiger partial charge in [-0.3, -0.25) is 10.6 Å². The molecular formula is C16H28N2O5. The van der Waals surface area contributed by atoms with Gasteiger partial charge < -0.3 is 25.5 Å². The van der Waals surface area contributed by atoms with Crippen LogP contribution in [0.25, 0.3) is 0 Å². The average Bonchev–Trinajstić information content (AvgIpc) is 2.49. The lowest BCUT2D eigenvalue weighted by molar-refractivity contribution is -0.0463. The Morgan fingerprint density at radius 1 is 0.957 bits per heavy atom. The molecule has 0 saturated carbocycles. The largest absolute Gasteiger partial charge is 0.508 e. The van der Waals surface area contributed by atoms with E-state index < -0.39 is 18.7 Å². The number of aryl methyl sites for hydroxylation is 1. The highest BCUT2D eigenvalue weighted by molar-refractivity contribution is 5.38. The molecule has 0 saturated heterocycles. The van der Waals surface area contributed by atoms with Gasteiger partial charge in [-0.05, 0) is 30.5 Å². The van der Waals surface area contributed by atoms with E-state index in [1.54, 1.807) is 6.07 Å². The lowest BCUT2D eigenvalue weighted by Gasteiger charge is -2.23. The Hall–Kier alpha value is -1.22. The molecule has 0 atom stereocenters. The monoisotopic (exact) mass is 328 g/mol. The lowest BCUT2D eigenvalue weighted by atomic mass is 10.0. The number of benzene rings is 1. The molecule has 0 aliphatic rings. The van der Waals surface area contributed by atoms with Gasteiger partial charge >= 0.3 is 0 Å². The summed E-state index contributed by atoms with van der Waals surface area (Å²) in [5, 5.41) is 51.7. The summed E-state index contributed by atoms with van der Waals surface area (Å²) in [7, 11) is 0. The van der Waals surface area contributed by atoms with E-state index in [-0.39, 0.29) is 18.8 Å². The molecule has 0 aliphatic carbocycles. The number of hydrogen-bond acceptors (Lipinski definition) is 7. The van der Waals surface area contributed by atoms with E-state index >= 15 is 0 Å². The summed E-state index contributed by atoms with van der Waals surface area (Å²) in [5.74, 6) is 0.0501. The van der Waals surface area contributed by atoms with Crippen LogP contribution >= 0.6 is 0 Å². The molecule has 0 radical (unpaired) electrons. The Morgan fingerprint density at radius 2 is 1.57 bits per heavy atom. The summed E-state index contributed by atoms with van der Waals surface area (Å²) in [6.07, 6.45) is 0.463. The molecule has 1 rings (SSSR count). The molecule has 1 aromatic rings. The third-order valence-electron chi connectivity index (χ3n) is 3.48. The summed E-state index contributed by atoms with van der Waals surface area (Å²) < 4.78 is 0. The van der Waals surface area contributed by atoms with E-state index in [1.165, 1.54) is 0 Å². The molecule has 1 aromatic carbocycles. The fourth-order valence-corrected chi connectivity index (χ4v) is 2.31. The van der Waals surface area contributed by atoms with Crippen molar-refractivity contribution >= 4 is 0 Å². The fourth-order valence-electron chi connectivity index (χ4n) is 2.31. The van der Waals surface area contributed by atoms with Crippen molar-refractivity contribution < 1.29 is 25.5 Å². The van der Waals surface area contributed by atoms with Gasteiger partial charge in [0.1, 0.15) is 5.75 Å². The molecule has 7 heteroatoms. The number of aliphatic hydroxyl groups excluding tert-OH is 2. The van der Waals surface area contributed by atoms with Crippen molar-refractivity contribution in [2.45, 2.75) is 51.4 Å². The van der Waals surface area contributed by atoms with Crippen LogP contribution in [0.5, 0.6) is 5.75 Å². The fraction of sp³-hybridized carbons (Fsp3) is 0.625. The van der Waals surface area contributed by atoms with Crippen molar-refractivity contribution in [3.63, 3.8) is 0 Å². The van der Waals surface area contributed by atoms with Crippen molar-refractivity contribution in [1.29, 1.82) is 0 Å². The minimum atomic E-state index is -1.55. The quantitative estimate of drug-likeness (QED) is 0.224. The van der Waals surface area contributed by atoms with Crippen molar-refractivity contribution in [1.82, 2.24) is 10.6 Å². The number of nitrogens with one attached hydrogen (secondary N) is 2. The van der Waals surface area contributed by atoms with Gasteiger partial charge in [-0.1, -0.05) is 25.8 Å². The zero-order valence-corrected chi connectivity index (χ0v) is 13.4. The van der Waals surface area contributed by atoms with Crippen LogP contribution in [0.2, 0.25) is 0 Å².